The van der Waals surface area contributed by atoms with Crippen molar-refractivity contribution in [1.82, 2.24) is 40.6 Å². The van der Waals surface area contributed by atoms with E-state index in [1.54, 1.807) is 53.8 Å². The summed E-state index contributed by atoms with van der Waals surface area (Å²) in [5, 5.41) is 21.2. The van der Waals surface area contributed by atoms with Crippen LogP contribution in [0.5, 0.6) is 0 Å². The number of carbonyl (C=O) groups excluding carboxylic acids is 10. The third-order valence-electron chi connectivity index (χ3n) is 33.7. The van der Waals surface area contributed by atoms with Crippen LogP contribution in [0.15, 0.2) is 152 Å². The van der Waals surface area contributed by atoms with E-state index < -0.39 is 0 Å². The smallest absolute Gasteiger partial charge is 0.415 e. The molecule has 8 amide bonds. The number of carbonyl (C=O) groups is 10. The third kappa shape index (κ3) is 21.4. The minimum atomic E-state index is -0.307. The summed E-state index contributed by atoms with van der Waals surface area (Å²) in [6.07, 6.45) is 51.6. The first kappa shape index (κ1) is 100. The van der Waals surface area contributed by atoms with Gasteiger partial charge < -0.3 is 48.5 Å². The number of nitrogens with zero attached hydrogens (tertiary/aromatic N) is 12. The second-order valence-corrected chi connectivity index (χ2v) is 42.9. The molecule has 2 N–H and O–H groups in total. The molecule has 3 saturated carbocycles. The Balaban J connectivity index is 0.000000104. The molecule has 6 aliphatic carbocycles. The number of ether oxygens (including phenoxy) is 8. The first-order valence-electron chi connectivity index (χ1n) is 54.3. The number of anilines is 6. The lowest BCUT2D eigenvalue weighted by atomic mass is 9.83. The number of hydrogen-bond acceptors (Lipinski definition) is 22. The summed E-state index contributed by atoms with van der Waals surface area (Å²) < 4.78 is 45.9. The topological polar surface area (TPSA) is 349 Å². The zero-order valence-electron chi connectivity index (χ0n) is 85.3. The largest absolute Gasteiger partial charge is 0.469 e. The Morgan fingerprint density at radius 2 is 0.601 bits per heavy atom. The Labute approximate surface area is 863 Å². The molecular weight excluding hydrogens is 1880 g/mol. The van der Waals surface area contributed by atoms with Gasteiger partial charge in [0.1, 0.15) is 36.6 Å². The third-order valence-corrected chi connectivity index (χ3v) is 33.7. The highest BCUT2D eigenvalue weighted by molar-refractivity contribution is 5.99. The van der Waals surface area contributed by atoms with E-state index >= 15 is 0 Å². The van der Waals surface area contributed by atoms with E-state index in [-0.39, 0.29) is 146 Å². The molecule has 8 aromatic rings. The Morgan fingerprint density at radius 1 is 0.331 bits per heavy atom. The van der Waals surface area contributed by atoms with Crippen LogP contribution in [-0.2, 0) is 109 Å². The molecule has 0 spiro atoms. The maximum atomic E-state index is 12.4. The lowest BCUT2D eigenvalue weighted by Crippen LogP contribution is -2.40. The van der Waals surface area contributed by atoms with Gasteiger partial charge in [0.15, 0.2) is 0 Å². The van der Waals surface area contributed by atoms with E-state index in [0.29, 0.717) is 56.8 Å². The molecule has 778 valence electrons. The van der Waals surface area contributed by atoms with Crippen molar-refractivity contribution in [1.29, 1.82) is 0 Å². The molecule has 0 radical (unpaired) electrons. The van der Waals surface area contributed by atoms with Crippen LogP contribution in [0.25, 0.3) is 16.7 Å². The van der Waals surface area contributed by atoms with Gasteiger partial charge in [-0.15, -0.1) is 10.2 Å². The second-order valence-electron chi connectivity index (χ2n) is 42.9. The molecule has 148 heavy (non-hydrogen) atoms. The molecule has 32 heteroatoms. The lowest BCUT2D eigenvalue weighted by molar-refractivity contribution is -0.142. The summed E-state index contributed by atoms with van der Waals surface area (Å²) in [7, 11) is 2.76. The molecular formula is C116H136N14O18. The molecule has 26 rings (SSSR count). The molecule has 0 unspecified atom stereocenters. The van der Waals surface area contributed by atoms with Gasteiger partial charge in [-0.3, -0.25) is 48.6 Å². The first-order chi connectivity index (χ1) is 72.2. The molecule has 6 aromatic carbocycles. The zero-order valence-corrected chi connectivity index (χ0v) is 85.3. The number of amides is 8. The van der Waals surface area contributed by atoms with Crippen molar-refractivity contribution in [3.63, 3.8) is 0 Å². The van der Waals surface area contributed by atoms with Gasteiger partial charge in [0, 0.05) is 39.1 Å². The van der Waals surface area contributed by atoms with E-state index in [4.69, 9.17) is 37.9 Å². The quantitative estimate of drug-likeness (QED) is 0.0528. The number of nitrogens with one attached hydrogen (secondary N) is 2. The predicted octanol–water partition coefficient (Wildman–Crippen LogP) is 20.4. The van der Waals surface area contributed by atoms with E-state index in [0.717, 1.165) is 105 Å². The highest BCUT2D eigenvalue weighted by atomic mass is 16.6. The Hall–Kier alpha value is -13.7. The molecule has 2 aromatic heterocycles. The highest BCUT2D eigenvalue weighted by Gasteiger charge is 2.54. The zero-order chi connectivity index (χ0) is 102. The minimum Gasteiger partial charge on any atom is -0.469 e. The van der Waals surface area contributed by atoms with Gasteiger partial charge >= 0.3 is 48.5 Å². The molecule has 12 aliphatic heterocycles. The van der Waals surface area contributed by atoms with Gasteiger partial charge in [0.05, 0.1) is 123 Å². The van der Waals surface area contributed by atoms with Gasteiger partial charge in [0.25, 0.3) is 0 Å². The van der Waals surface area contributed by atoms with E-state index in [1.807, 2.05) is 21.9 Å². The van der Waals surface area contributed by atoms with Crippen LogP contribution >= 0.6 is 0 Å². The summed E-state index contributed by atoms with van der Waals surface area (Å²) in [5.41, 5.74) is 25.7. The fourth-order valence-corrected chi connectivity index (χ4v) is 26.1. The van der Waals surface area contributed by atoms with Crippen molar-refractivity contribution in [2.24, 2.45) is 0 Å². The standard InChI is InChI=1S/C20H25NO4.C20H23NO4.C19H22N4O2.C19H20N4O2.C19H24N2O3.C19H22N2O3/c2*1-24-19(22)10-9-18-17-12-15-11-14(13-5-3-2-4-6-13)7-8-16(15)21(17)20(23)25-18;2*24-19-23-16-7-6-14(13-4-2-1-3-5-13)10-15(16)11-17(23)18(25-19)12-22-9-8-20-21-22;2*1-12(22)20-11-18-17-10-15-9-14(13-5-3-2-4-6-13)7-8-16(15)21(17)19(23)24-18/h7-8,11,13,17-18H,2-6,9-10,12H2,1H3;5,7-8,11,17-18H,2-4,6,9-10,12H2,1H3;6-10,13,17-18H,1-5,11-12H2;4,6-10,17-18H,1-3,5,11-12H2;7-9,13,17-18H,2-6,10-11H2,1H3,(H,20,22);5,7-9,17-18H,2-4,6,10-11H2,1H3,(H,20,22)/t6*17-,18-/m000000/s1. The van der Waals surface area contributed by atoms with Gasteiger partial charge in [-0.1, -0.05) is 141 Å². The summed E-state index contributed by atoms with van der Waals surface area (Å²) >= 11 is 0. The first-order valence-corrected chi connectivity index (χ1v) is 54.3. The Kier molecular flexibility index (Phi) is 30.3. The van der Waals surface area contributed by atoms with Gasteiger partial charge in [-0.2, -0.15) is 0 Å². The maximum Gasteiger partial charge on any atom is 0.415 e. The monoisotopic (exact) mass is 2010 g/mol. The normalized spacial score (nSPS) is 25.2. The van der Waals surface area contributed by atoms with Crippen LogP contribution in [0.3, 0.4) is 0 Å². The average Bonchev–Trinajstić information content (AvgIpc) is 1.65. The number of cyclic esters (lactones) is 6. The summed E-state index contributed by atoms with van der Waals surface area (Å²) in [6, 6.07) is 39.2. The fraction of sp³-hybridized carbons (Fsp3) is 0.517. The number of aromatic nitrogens is 6. The van der Waals surface area contributed by atoms with Crippen molar-refractivity contribution in [2.45, 2.75) is 355 Å². The van der Waals surface area contributed by atoms with Crippen LogP contribution in [0.1, 0.15) is 297 Å². The number of esters is 2. The second kappa shape index (κ2) is 44.8. The summed E-state index contributed by atoms with van der Waals surface area (Å²) in [4.78, 5) is 130. The number of benzene rings is 6. The highest BCUT2D eigenvalue weighted by Crippen LogP contribution is 2.51. The Morgan fingerprint density at radius 3 is 0.872 bits per heavy atom. The molecule has 6 saturated heterocycles. The predicted molar refractivity (Wildman–Crippen MR) is 557 cm³/mol. The van der Waals surface area contributed by atoms with Crippen LogP contribution in [0, 0.1) is 0 Å². The fourth-order valence-electron chi connectivity index (χ4n) is 26.1. The number of methoxy groups -OCH3 is 2. The van der Waals surface area contributed by atoms with Crippen LogP contribution in [0.4, 0.5) is 62.9 Å². The molecule has 9 fully saturated rings. The lowest BCUT2D eigenvalue weighted by Gasteiger charge is -2.22. The summed E-state index contributed by atoms with van der Waals surface area (Å²) in [5.74, 6) is 1.29. The maximum absolute atomic E-state index is 12.4. The Bertz CT molecular complexity index is 6400. The van der Waals surface area contributed by atoms with Crippen molar-refractivity contribution in [2.75, 3.05) is 56.7 Å². The molecule has 14 heterocycles. The van der Waals surface area contributed by atoms with Crippen molar-refractivity contribution < 1.29 is 85.8 Å². The van der Waals surface area contributed by atoms with Crippen molar-refractivity contribution in [3.8, 4) is 0 Å². The minimum absolute atomic E-state index is 0.000885. The van der Waals surface area contributed by atoms with Crippen LogP contribution in [0.2, 0.25) is 0 Å². The average molecular weight is 2010 g/mol. The van der Waals surface area contributed by atoms with Crippen molar-refractivity contribution in [3.05, 3.63) is 219 Å². The molecule has 32 nitrogen and oxygen atoms in total. The van der Waals surface area contributed by atoms with Crippen LogP contribution in [-0.4, -0.2) is 190 Å². The molecule has 18 aliphatic rings. The van der Waals surface area contributed by atoms with Gasteiger partial charge in [-0.25, -0.2) is 38.1 Å². The van der Waals surface area contributed by atoms with E-state index in [9.17, 15) is 47.9 Å². The van der Waals surface area contributed by atoms with Crippen LogP contribution < -0.4 is 40.0 Å². The SMILES string of the molecule is CC(=O)NC[C@@H]1OC(=O)N2c3ccc(C4=CCCCC4)cc3C[C@@H]12.CC(=O)NC[C@@H]1OC(=O)N2c3ccc(C4CCCCC4)cc3C[C@@H]12.COC(=O)CC[C@@H]1OC(=O)N2c3ccc(C4=CCCCC4)cc3C[C@@H]12.COC(=O)CC[C@@H]1OC(=O)N2c3ccc(C4CCCCC4)cc3C[C@@H]12.O=C1O[C@@H](Cn2ccnn2)[C@@H]2Cc3cc(C4=CCCCC4)ccc3N12.O=C1O[C@@H](Cn2ccnn2)[C@@H]2Cc3cc(C4CCCCC4)ccc3N12. The molecule has 12 atom stereocenters. The number of allylic oxidation sites excluding steroid dienone is 6. The van der Waals surface area contributed by atoms with Gasteiger partial charge in [0.2, 0.25) is 11.8 Å². The number of hydrogen-bond donors (Lipinski definition) is 2. The summed E-state index contributed by atoms with van der Waals surface area (Å²) in [6.45, 7) is 4.80. The van der Waals surface area contributed by atoms with E-state index in [1.165, 1.54) is 253 Å². The molecule has 0 bridgehead atoms. The number of fused-ring (bicyclic) bond motifs is 18. The van der Waals surface area contributed by atoms with E-state index in [2.05, 4.69) is 147 Å². The number of rotatable bonds is 20. The van der Waals surface area contributed by atoms with Crippen molar-refractivity contribution >= 4 is 111 Å². The van der Waals surface area contributed by atoms with Gasteiger partial charge in [-0.05, 0) is 323 Å².